The van der Waals surface area contributed by atoms with Crippen LogP contribution in [0.15, 0.2) is 36.4 Å². The molecule has 1 aliphatic rings. The molecule has 2 aromatic rings. The van der Waals surface area contributed by atoms with Crippen molar-refractivity contribution in [3.05, 3.63) is 47.5 Å². The number of fused-ring (bicyclic) bond motifs is 3. The van der Waals surface area contributed by atoms with E-state index >= 15 is 0 Å². The van der Waals surface area contributed by atoms with Gasteiger partial charge in [0.2, 0.25) is 16.6 Å². The minimum absolute atomic E-state index is 0.155. The van der Waals surface area contributed by atoms with Crippen molar-refractivity contribution in [1.29, 1.82) is 0 Å². The van der Waals surface area contributed by atoms with Crippen LogP contribution >= 0.6 is 0 Å². The van der Waals surface area contributed by atoms with Crippen molar-refractivity contribution in [2.45, 2.75) is 142 Å². The Bertz CT molecular complexity index is 1100. The van der Waals surface area contributed by atoms with Gasteiger partial charge in [-0.05, 0) is 105 Å². The number of rotatable bonds is 4. The predicted octanol–water partition coefficient (Wildman–Crippen LogP) is 11.3. The normalized spacial score (nSPS) is 16.7. The highest BCUT2D eigenvalue weighted by Crippen LogP contribution is 2.57. The summed E-state index contributed by atoms with van der Waals surface area (Å²) in [6.45, 7) is 38.3. The molecule has 0 bridgehead atoms. The molecule has 39 heavy (non-hydrogen) atoms. The lowest BCUT2D eigenvalue weighted by molar-refractivity contribution is 0.491. The molecule has 0 saturated carbocycles. The van der Waals surface area contributed by atoms with E-state index in [0.717, 1.165) is 11.5 Å². The van der Waals surface area contributed by atoms with Crippen LogP contribution in [0.1, 0.15) is 94.2 Å². The third kappa shape index (κ3) is 6.16. The summed E-state index contributed by atoms with van der Waals surface area (Å²) in [7, 11) is -5.81. The maximum absolute atomic E-state index is 6.86. The average Bonchev–Trinajstić information content (AvgIpc) is 2.86. The third-order valence-electron chi connectivity index (χ3n) is 10.7. The molecule has 0 N–H and O–H groups in total. The fourth-order valence-electron chi connectivity index (χ4n) is 5.84. The Labute approximate surface area is 244 Å². The molecular formula is C34H58O2Si3. The molecule has 1 heterocycles. The standard InChI is InChI=1S/C34H58O2Si3/c1-31(2,3)37(13,14)35-27-19-17-25-23-39(33(7,8)9,34(10,11)12)24-26-18-20-28(22-30(26)29(25)21-27)36-38(15,16)32(4,5)6/h17-22H,23-24H2,1-16H3. The van der Waals surface area contributed by atoms with Crippen LogP contribution < -0.4 is 8.85 Å². The predicted molar refractivity (Wildman–Crippen MR) is 180 cm³/mol. The van der Waals surface area contributed by atoms with Crippen LogP contribution in [0.3, 0.4) is 0 Å². The van der Waals surface area contributed by atoms with E-state index in [9.17, 15) is 0 Å². The summed E-state index contributed by atoms with van der Waals surface area (Å²) < 4.78 is 13.7. The van der Waals surface area contributed by atoms with E-state index in [2.05, 4.69) is 146 Å². The number of hydrogen-bond acceptors (Lipinski definition) is 2. The lowest BCUT2D eigenvalue weighted by atomic mass is 9.96. The first-order valence-corrected chi connectivity index (χ1v) is 23.2. The lowest BCUT2D eigenvalue weighted by Gasteiger charge is -2.52. The van der Waals surface area contributed by atoms with E-state index < -0.39 is 24.7 Å². The molecule has 0 aromatic heterocycles. The van der Waals surface area contributed by atoms with Crippen molar-refractivity contribution in [2.75, 3.05) is 0 Å². The monoisotopic (exact) mass is 582 g/mol. The second-order valence-electron chi connectivity index (χ2n) is 17.3. The van der Waals surface area contributed by atoms with E-state index in [-0.39, 0.29) is 20.2 Å². The van der Waals surface area contributed by atoms with Gasteiger partial charge in [-0.25, -0.2) is 0 Å². The van der Waals surface area contributed by atoms with Crippen LogP contribution in [0.2, 0.25) is 46.3 Å². The van der Waals surface area contributed by atoms with Gasteiger partial charge in [0.05, 0.1) is 8.07 Å². The van der Waals surface area contributed by atoms with E-state index in [1.165, 1.54) is 34.3 Å². The van der Waals surface area contributed by atoms with Gasteiger partial charge >= 0.3 is 0 Å². The summed E-state index contributed by atoms with van der Waals surface area (Å²) in [5, 5.41) is 0.832. The zero-order valence-electron chi connectivity index (χ0n) is 28.2. The van der Waals surface area contributed by atoms with Crippen molar-refractivity contribution >= 4 is 24.7 Å². The fraction of sp³-hybridized carbons (Fsp3) is 0.647. The van der Waals surface area contributed by atoms with Crippen molar-refractivity contribution < 1.29 is 8.85 Å². The van der Waals surface area contributed by atoms with Gasteiger partial charge in [-0.2, -0.15) is 0 Å². The van der Waals surface area contributed by atoms with Crippen LogP contribution in [-0.2, 0) is 12.1 Å². The smallest absolute Gasteiger partial charge is 0.250 e. The summed E-state index contributed by atoms with van der Waals surface area (Å²) in [4.78, 5) is 0. The molecule has 0 spiro atoms. The van der Waals surface area contributed by atoms with Crippen LogP contribution in [0.5, 0.6) is 11.5 Å². The molecule has 0 radical (unpaired) electrons. The SMILES string of the molecule is CC(C)(C)[Si](C)(C)Oc1ccc2c(c1)-c1cc(O[Si](C)(C)C(C)(C)C)ccc1C[Si](C(C)(C)C)(C(C)(C)C)C2. The van der Waals surface area contributed by atoms with Crippen molar-refractivity contribution in [3.8, 4) is 22.6 Å². The number of hydrogen-bond donors (Lipinski definition) is 0. The molecule has 5 heteroatoms. The van der Waals surface area contributed by atoms with Gasteiger partial charge in [0.15, 0.2) is 0 Å². The summed E-state index contributed by atoms with van der Waals surface area (Å²) in [5.41, 5.74) is 5.67. The molecular weight excluding hydrogens is 525 g/mol. The Morgan fingerprint density at radius 3 is 1.10 bits per heavy atom. The summed E-state index contributed by atoms with van der Waals surface area (Å²) in [6.07, 6.45) is 0. The lowest BCUT2D eigenvalue weighted by Crippen LogP contribution is -2.56. The number of benzene rings is 2. The Hall–Kier alpha value is -1.31. The molecule has 218 valence electrons. The van der Waals surface area contributed by atoms with Crippen molar-refractivity contribution in [3.63, 3.8) is 0 Å². The van der Waals surface area contributed by atoms with Gasteiger partial charge in [0.25, 0.3) is 0 Å². The van der Waals surface area contributed by atoms with Gasteiger partial charge < -0.3 is 8.85 Å². The van der Waals surface area contributed by atoms with Gasteiger partial charge in [-0.3, -0.25) is 0 Å². The second kappa shape index (κ2) is 9.91. The summed E-state index contributed by atoms with van der Waals surface area (Å²) >= 11 is 0. The van der Waals surface area contributed by atoms with Crippen molar-refractivity contribution in [2.24, 2.45) is 0 Å². The van der Waals surface area contributed by atoms with Crippen LogP contribution in [0, 0.1) is 0 Å². The summed E-state index contributed by atoms with van der Waals surface area (Å²) in [6, 6.07) is 16.4. The quantitative estimate of drug-likeness (QED) is 0.334. The molecule has 0 aliphatic carbocycles. The first-order valence-electron chi connectivity index (χ1n) is 15.0. The third-order valence-corrected chi connectivity index (χ3v) is 27.1. The largest absolute Gasteiger partial charge is 0.543 e. The maximum Gasteiger partial charge on any atom is 0.250 e. The van der Waals surface area contributed by atoms with Crippen LogP contribution in [0.4, 0.5) is 0 Å². The molecule has 0 unspecified atom stereocenters. The Morgan fingerprint density at radius 2 is 0.846 bits per heavy atom. The van der Waals surface area contributed by atoms with Gasteiger partial charge in [0, 0.05) is 0 Å². The highest BCUT2D eigenvalue weighted by molar-refractivity contribution is 6.84. The summed E-state index contributed by atoms with van der Waals surface area (Å²) in [5.74, 6) is 2.03. The minimum atomic E-state index is -1.96. The highest BCUT2D eigenvalue weighted by Gasteiger charge is 2.53. The average molecular weight is 583 g/mol. The molecule has 2 aromatic carbocycles. The molecule has 0 saturated heterocycles. The van der Waals surface area contributed by atoms with E-state index in [4.69, 9.17) is 8.85 Å². The molecule has 0 amide bonds. The fourth-order valence-corrected chi connectivity index (χ4v) is 14.3. The van der Waals surface area contributed by atoms with Gasteiger partial charge in [0.1, 0.15) is 11.5 Å². The van der Waals surface area contributed by atoms with E-state index in [0.29, 0.717) is 0 Å². The van der Waals surface area contributed by atoms with Crippen LogP contribution in [0.25, 0.3) is 11.1 Å². The molecule has 1 aliphatic heterocycles. The van der Waals surface area contributed by atoms with E-state index in [1.54, 1.807) is 0 Å². The zero-order valence-corrected chi connectivity index (χ0v) is 31.2. The van der Waals surface area contributed by atoms with Gasteiger partial charge in [-0.15, -0.1) is 0 Å². The second-order valence-corrected chi connectivity index (χ2v) is 32.6. The Balaban J connectivity index is 2.28. The van der Waals surface area contributed by atoms with Crippen molar-refractivity contribution in [1.82, 2.24) is 0 Å². The van der Waals surface area contributed by atoms with Gasteiger partial charge in [-0.1, -0.05) is 95.2 Å². The zero-order chi connectivity index (χ0) is 30.0. The first kappa shape index (κ1) is 32.2. The van der Waals surface area contributed by atoms with Crippen LogP contribution in [-0.4, -0.2) is 24.7 Å². The first-order chi connectivity index (χ1) is 17.3. The molecule has 0 fully saturated rings. The molecule has 2 nitrogen and oxygen atoms in total. The van der Waals surface area contributed by atoms with E-state index in [1.807, 2.05) is 0 Å². The molecule has 0 atom stereocenters. The maximum atomic E-state index is 6.86. The minimum Gasteiger partial charge on any atom is -0.543 e. The Morgan fingerprint density at radius 1 is 0.538 bits per heavy atom. The molecule has 3 rings (SSSR count). The Kier molecular flexibility index (Phi) is 8.18. The highest BCUT2D eigenvalue weighted by atomic mass is 28.4. The topological polar surface area (TPSA) is 18.5 Å².